The molecule has 0 bridgehead atoms. The summed E-state index contributed by atoms with van der Waals surface area (Å²) in [7, 11) is 1.59. The number of carbonyl (C=O) groups excluding carboxylic acids is 2. The van der Waals surface area contributed by atoms with Crippen LogP contribution < -0.4 is 10.6 Å². The fourth-order valence-corrected chi connectivity index (χ4v) is 5.64. The largest absolute Gasteiger partial charge is 0.367 e. The molecule has 1 aliphatic heterocycles. The number of ether oxygens (including phenoxy) is 1. The van der Waals surface area contributed by atoms with Crippen molar-refractivity contribution in [2.75, 3.05) is 30.8 Å². The summed E-state index contributed by atoms with van der Waals surface area (Å²) < 4.78 is 7.35. The molecule has 5 rings (SSSR count). The van der Waals surface area contributed by atoms with Gasteiger partial charge >= 0.3 is 6.03 Å². The zero-order chi connectivity index (χ0) is 31.3. The highest BCUT2D eigenvalue weighted by molar-refractivity contribution is 5.99. The lowest BCUT2D eigenvalue weighted by atomic mass is 9.89. The van der Waals surface area contributed by atoms with Crippen molar-refractivity contribution in [3.63, 3.8) is 0 Å². The van der Waals surface area contributed by atoms with Gasteiger partial charge in [0.05, 0.1) is 11.4 Å². The number of amides is 3. The summed E-state index contributed by atoms with van der Waals surface area (Å²) in [6, 6.07) is 27.3. The first-order valence-electron chi connectivity index (χ1n) is 15.3. The van der Waals surface area contributed by atoms with Crippen LogP contribution in [0.4, 0.5) is 16.3 Å². The SMILES string of the molecule is COC(C(=O)N1CCC(Cc2cccc(NC(=O)Nc3cc(C(C)(C)C)nn3-c3ccc(C)cc3)c2)CC1)c1ccccc1. The molecule has 1 aromatic heterocycles. The number of aryl methyl sites for hydroxylation is 1. The van der Waals surface area contributed by atoms with Crippen molar-refractivity contribution in [1.29, 1.82) is 0 Å². The predicted molar refractivity (Wildman–Crippen MR) is 175 cm³/mol. The van der Waals surface area contributed by atoms with Crippen LogP contribution in [0.15, 0.2) is 84.9 Å². The first-order chi connectivity index (χ1) is 21.1. The normalized spacial score (nSPS) is 14.7. The van der Waals surface area contributed by atoms with E-state index in [-0.39, 0.29) is 17.4 Å². The Kier molecular flexibility index (Phi) is 9.49. The molecule has 0 aliphatic carbocycles. The Balaban J connectivity index is 1.19. The van der Waals surface area contributed by atoms with E-state index in [0.29, 0.717) is 24.8 Å². The van der Waals surface area contributed by atoms with Crippen LogP contribution in [0.5, 0.6) is 0 Å². The topological polar surface area (TPSA) is 88.5 Å². The minimum Gasteiger partial charge on any atom is -0.367 e. The highest BCUT2D eigenvalue weighted by Crippen LogP contribution is 2.28. The van der Waals surface area contributed by atoms with E-state index in [4.69, 9.17) is 9.84 Å². The van der Waals surface area contributed by atoms with Crippen molar-refractivity contribution in [3.8, 4) is 5.69 Å². The number of nitrogens with zero attached hydrogens (tertiary/aromatic N) is 3. The fraction of sp³-hybridized carbons (Fsp3) is 0.361. The van der Waals surface area contributed by atoms with E-state index in [9.17, 15) is 9.59 Å². The van der Waals surface area contributed by atoms with Gasteiger partial charge in [-0.3, -0.25) is 10.1 Å². The Morgan fingerprint density at radius 1 is 0.932 bits per heavy atom. The van der Waals surface area contributed by atoms with Crippen molar-refractivity contribution >= 4 is 23.4 Å². The number of methoxy groups -OCH3 is 1. The lowest BCUT2D eigenvalue weighted by molar-refractivity contribution is -0.143. The molecule has 2 N–H and O–H groups in total. The van der Waals surface area contributed by atoms with Gasteiger partial charge in [0.2, 0.25) is 0 Å². The number of urea groups is 1. The van der Waals surface area contributed by atoms with Crippen molar-refractivity contribution in [3.05, 3.63) is 107 Å². The summed E-state index contributed by atoms with van der Waals surface area (Å²) in [6.45, 7) is 9.78. The number of carbonyl (C=O) groups is 2. The maximum absolute atomic E-state index is 13.2. The van der Waals surface area contributed by atoms with Gasteiger partial charge in [-0.25, -0.2) is 9.48 Å². The summed E-state index contributed by atoms with van der Waals surface area (Å²) >= 11 is 0. The first kappa shape index (κ1) is 31.0. The summed E-state index contributed by atoms with van der Waals surface area (Å²) in [5.74, 6) is 1.09. The van der Waals surface area contributed by atoms with Crippen molar-refractivity contribution < 1.29 is 14.3 Å². The lowest BCUT2D eigenvalue weighted by Crippen LogP contribution is -2.41. The maximum Gasteiger partial charge on any atom is 0.324 e. The molecule has 44 heavy (non-hydrogen) atoms. The highest BCUT2D eigenvalue weighted by Gasteiger charge is 2.29. The standard InChI is InChI=1S/C36H43N5O3/c1-25-14-16-30(17-15-25)41-32(24-31(39-41)36(2,3)4)38-35(43)37-29-13-9-10-27(23-29)22-26-18-20-40(21-19-26)34(42)33(44-5)28-11-7-6-8-12-28/h6-17,23-24,26,33H,18-22H2,1-5H3,(H2,37,38,43). The van der Waals surface area contributed by atoms with Crippen LogP contribution in [0.1, 0.15) is 62.1 Å². The van der Waals surface area contributed by atoms with E-state index in [2.05, 4.69) is 37.5 Å². The zero-order valence-corrected chi connectivity index (χ0v) is 26.3. The average Bonchev–Trinajstić information content (AvgIpc) is 3.43. The summed E-state index contributed by atoms with van der Waals surface area (Å²) in [6.07, 6.45) is 2.17. The Bertz CT molecular complexity index is 1570. The van der Waals surface area contributed by atoms with Crippen molar-refractivity contribution in [2.24, 2.45) is 5.92 Å². The molecule has 2 heterocycles. The van der Waals surface area contributed by atoms with Gasteiger partial charge in [-0.05, 0) is 67.5 Å². The van der Waals surface area contributed by atoms with Gasteiger partial charge < -0.3 is 15.0 Å². The first-order valence-corrected chi connectivity index (χ1v) is 15.3. The maximum atomic E-state index is 13.2. The van der Waals surface area contributed by atoms with Gasteiger partial charge in [0, 0.05) is 37.4 Å². The van der Waals surface area contributed by atoms with Gasteiger partial charge in [-0.1, -0.05) is 80.9 Å². The number of hydrogen-bond donors (Lipinski definition) is 2. The molecule has 230 valence electrons. The fourth-order valence-electron chi connectivity index (χ4n) is 5.64. The van der Waals surface area contributed by atoms with Gasteiger partial charge in [0.1, 0.15) is 5.82 Å². The molecule has 0 saturated carbocycles. The van der Waals surface area contributed by atoms with E-state index in [1.807, 2.05) is 90.7 Å². The Morgan fingerprint density at radius 2 is 1.64 bits per heavy atom. The molecular formula is C36H43N5O3. The molecule has 4 aromatic rings. The van der Waals surface area contributed by atoms with Crippen LogP contribution in [0.3, 0.4) is 0 Å². The molecule has 3 aromatic carbocycles. The minimum absolute atomic E-state index is 0.0210. The number of piperidine rings is 1. The van der Waals surface area contributed by atoms with Gasteiger partial charge in [-0.15, -0.1) is 0 Å². The van der Waals surface area contributed by atoms with Crippen molar-refractivity contribution in [2.45, 2.75) is 58.5 Å². The molecule has 0 spiro atoms. The van der Waals surface area contributed by atoms with Crippen LogP contribution in [0.25, 0.3) is 5.69 Å². The number of benzene rings is 3. The number of aromatic nitrogens is 2. The van der Waals surface area contributed by atoms with E-state index in [0.717, 1.165) is 53.0 Å². The molecule has 1 fully saturated rings. The second-order valence-corrected chi connectivity index (χ2v) is 12.7. The third-order valence-corrected chi connectivity index (χ3v) is 8.20. The van der Waals surface area contributed by atoms with Crippen LogP contribution >= 0.6 is 0 Å². The predicted octanol–water partition coefficient (Wildman–Crippen LogP) is 7.29. The zero-order valence-electron chi connectivity index (χ0n) is 26.3. The summed E-state index contributed by atoms with van der Waals surface area (Å²) in [4.78, 5) is 28.3. The average molecular weight is 594 g/mol. The van der Waals surface area contributed by atoms with Gasteiger partial charge in [-0.2, -0.15) is 5.10 Å². The number of nitrogens with one attached hydrogen (secondary N) is 2. The third-order valence-electron chi connectivity index (χ3n) is 8.20. The summed E-state index contributed by atoms with van der Waals surface area (Å²) in [5, 5.41) is 10.8. The Morgan fingerprint density at radius 3 is 2.30 bits per heavy atom. The molecule has 3 amide bonds. The molecule has 1 atom stereocenters. The highest BCUT2D eigenvalue weighted by atomic mass is 16.5. The number of anilines is 2. The van der Waals surface area contributed by atoms with Crippen LogP contribution in [0, 0.1) is 12.8 Å². The smallest absolute Gasteiger partial charge is 0.324 e. The van der Waals surface area contributed by atoms with Crippen LogP contribution in [-0.2, 0) is 21.4 Å². The van der Waals surface area contributed by atoms with E-state index in [1.54, 1.807) is 11.8 Å². The minimum atomic E-state index is -0.572. The molecular weight excluding hydrogens is 550 g/mol. The van der Waals surface area contributed by atoms with E-state index >= 15 is 0 Å². The van der Waals surface area contributed by atoms with Gasteiger partial charge in [0.15, 0.2) is 6.10 Å². The second-order valence-electron chi connectivity index (χ2n) is 12.7. The van der Waals surface area contributed by atoms with Gasteiger partial charge in [0.25, 0.3) is 5.91 Å². The summed E-state index contributed by atoms with van der Waals surface area (Å²) in [5.41, 5.74) is 5.53. The Hall–Kier alpha value is -4.43. The van der Waals surface area contributed by atoms with Crippen molar-refractivity contribution in [1.82, 2.24) is 14.7 Å². The molecule has 0 radical (unpaired) electrons. The van der Waals surface area contributed by atoms with Crippen LogP contribution in [0.2, 0.25) is 0 Å². The number of rotatable bonds is 8. The quantitative estimate of drug-likeness (QED) is 0.225. The molecule has 1 unspecified atom stereocenters. The molecule has 8 heteroatoms. The number of hydrogen-bond acceptors (Lipinski definition) is 4. The monoisotopic (exact) mass is 593 g/mol. The second kappa shape index (κ2) is 13.5. The number of likely N-dealkylation sites (tertiary alicyclic amines) is 1. The molecule has 8 nitrogen and oxygen atoms in total. The third kappa shape index (κ3) is 7.55. The lowest BCUT2D eigenvalue weighted by Gasteiger charge is -2.34. The van der Waals surface area contributed by atoms with Crippen LogP contribution in [-0.4, -0.2) is 46.8 Å². The Labute approximate surface area is 260 Å². The molecule has 1 saturated heterocycles. The van der Waals surface area contributed by atoms with E-state index < -0.39 is 6.10 Å². The molecule has 1 aliphatic rings. The van der Waals surface area contributed by atoms with E-state index in [1.165, 1.54) is 0 Å².